The van der Waals surface area contributed by atoms with Crippen LogP contribution in [0.4, 0.5) is 11.4 Å². The maximum absolute atomic E-state index is 8.74. The van der Waals surface area contributed by atoms with Gasteiger partial charge in [-0.1, -0.05) is 30.3 Å². The SMILES string of the molecule is C[C@@H](Nc1c(N)cnc2cc(Br)c(OCC#N)cc12)c1ccccc1. The first-order chi connectivity index (χ1) is 12.1. The fourth-order valence-electron chi connectivity index (χ4n) is 2.63. The van der Waals surface area contributed by atoms with E-state index in [1.165, 1.54) is 0 Å². The van der Waals surface area contributed by atoms with E-state index in [1.807, 2.05) is 36.4 Å². The van der Waals surface area contributed by atoms with Gasteiger partial charge in [0.1, 0.15) is 11.8 Å². The number of pyridine rings is 1. The average molecular weight is 397 g/mol. The van der Waals surface area contributed by atoms with Gasteiger partial charge in [-0.05, 0) is 40.5 Å². The summed E-state index contributed by atoms with van der Waals surface area (Å²) in [6.07, 6.45) is 1.64. The molecule has 0 saturated heterocycles. The zero-order valence-electron chi connectivity index (χ0n) is 13.7. The maximum Gasteiger partial charge on any atom is 0.174 e. The number of nitriles is 1. The molecule has 5 nitrogen and oxygen atoms in total. The molecule has 0 radical (unpaired) electrons. The van der Waals surface area contributed by atoms with Gasteiger partial charge in [0, 0.05) is 11.4 Å². The molecule has 0 aliphatic heterocycles. The molecule has 0 fully saturated rings. The van der Waals surface area contributed by atoms with E-state index in [4.69, 9.17) is 15.7 Å². The van der Waals surface area contributed by atoms with E-state index in [1.54, 1.807) is 6.20 Å². The first-order valence-corrected chi connectivity index (χ1v) is 8.58. The molecular formula is C19H17BrN4O. The number of halogens is 1. The molecule has 6 heteroatoms. The van der Waals surface area contributed by atoms with Crippen molar-refractivity contribution in [2.75, 3.05) is 17.7 Å². The lowest BCUT2D eigenvalue weighted by Gasteiger charge is -2.19. The summed E-state index contributed by atoms with van der Waals surface area (Å²) in [5.41, 5.74) is 9.47. The Morgan fingerprint density at radius 2 is 2.08 bits per heavy atom. The fraction of sp³-hybridized carbons (Fsp3) is 0.158. The first kappa shape index (κ1) is 17.1. The topological polar surface area (TPSA) is 84.0 Å². The van der Waals surface area contributed by atoms with Crippen LogP contribution in [0, 0.1) is 11.3 Å². The van der Waals surface area contributed by atoms with Crippen molar-refractivity contribution in [1.82, 2.24) is 4.98 Å². The molecule has 0 bridgehead atoms. The Bertz CT molecular complexity index is 938. The van der Waals surface area contributed by atoms with E-state index >= 15 is 0 Å². The molecule has 0 aliphatic carbocycles. The quantitative estimate of drug-likeness (QED) is 0.655. The monoisotopic (exact) mass is 396 g/mol. The van der Waals surface area contributed by atoms with Gasteiger partial charge < -0.3 is 15.8 Å². The number of fused-ring (bicyclic) bond motifs is 1. The highest BCUT2D eigenvalue weighted by Gasteiger charge is 2.14. The van der Waals surface area contributed by atoms with Gasteiger partial charge in [0.15, 0.2) is 6.61 Å². The normalized spacial score (nSPS) is 11.7. The third-order valence-corrected chi connectivity index (χ3v) is 4.52. The number of ether oxygens (including phenoxy) is 1. The third-order valence-electron chi connectivity index (χ3n) is 3.90. The van der Waals surface area contributed by atoms with Crippen LogP contribution in [0.15, 0.2) is 53.1 Å². The number of hydrogen-bond acceptors (Lipinski definition) is 5. The van der Waals surface area contributed by atoms with Gasteiger partial charge >= 0.3 is 0 Å². The molecule has 1 heterocycles. The van der Waals surface area contributed by atoms with Crippen LogP contribution in [0.5, 0.6) is 5.75 Å². The Hall–Kier alpha value is -2.78. The zero-order chi connectivity index (χ0) is 17.8. The van der Waals surface area contributed by atoms with Crippen molar-refractivity contribution in [3.05, 3.63) is 58.7 Å². The average Bonchev–Trinajstić information content (AvgIpc) is 2.63. The molecule has 3 rings (SSSR count). The number of nitrogens with one attached hydrogen (secondary N) is 1. The number of anilines is 2. The van der Waals surface area contributed by atoms with Gasteiger partial charge in [0.2, 0.25) is 0 Å². The Kier molecular flexibility index (Phi) is 5.05. The number of nitrogen functional groups attached to an aromatic ring is 1. The number of rotatable bonds is 5. The number of benzene rings is 2. The molecular weight excluding hydrogens is 380 g/mol. The highest BCUT2D eigenvalue weighted by Crippen LogP contribution is 2.37. The Morgan fingerprint density at radius 3 is 2.80 bits per heavy atom. The van der Waals surface area contributed by atoms with Gasteiger partial charge in [-0.3, -0.25) is 4.98 Å². The molecule has 0 saturated carbocycles. The van der Waals surface area contributed by atoms with Crippen molar-refractivity contribution in [3.8, 4) is 11.8 Å². The van der Waals surface area contributed by atoms with E-state index in [9.17, 15) is 0 Å². The molecule has 126 valence electrons. The standard InChI is InChI=1S/C19H17BrN4O/c1-12(13-5-3-2-4-6-13)24-19-14-9-18(25-8-7-21)15(20)10-17(14)23-11-16(19)22/h2-6,9-12H,8,22H2,1H3,(H,23,24)/t12-/m1/s1. The van der Waals surface area contributed by atoms with E-state index in [-0.39, 0.29) is 12.6 Å². The fourth-order valence-corrected chi connectivity index (χ4v) is 3.08. The lowest BCUT2D eigenvalue weighted by atomic mass is 10.1. The summed E-state index contributed by atoms with van der Waals surface area (Å²) < 4.78 is 6.22. The van der Waals surface area contributed by atoms with Crippen molar-refractivity contribution in [2.45, 2.75) is 13.0 Å². The molecule has 0 unspecified atom stereocenters. The molecule has 0 spiro atoms. The summed E-state index contributed by atoms with van der Waals surface area (Å²) in [4.78, 5) is 4.39. The van der Waals surface area contributed by atoms with E-state index in [2.05, 4.69) is 45.3 Å². The smallest absolute Gasteiger partial charge is 0.174 e. The second kappa shape index (κ2) is 7.41. The van der Waals surface area contributed by atoms with Crippen LogP contribution < -0.4 is 15.8 Å². The van der Waals surface area contributed by atoms with Crippen LogP contribution in [0.2, 0.25) is 0 Å². The van der Waals surface area contributed by atoms with Gasteiger partial charge in [-0.15, -0.1) is 0 Å². The van der Waals surface area contributed by atoms with Crippen molar-refractivity contribution in [3.63, 3.8) is 0 Å². The van der Waals surface area contributed by atoms with Gasteiger partial charge in [0.05, 0.1) is 27.6 Å². The predicted molar refractivity (Wildman–Crippen MR) is 103 cm³/mol. The maximum atomic E-state index is 8.74. The van der Waals surface area contributed by atoms with Crippen LogP contribution >= 0.6 is 15.9 Å². The van der Waals surface area contributed by atoms with Crippen LogP contribution in [-0.4, -0.2) is 11.6 Å². The Morgan fingerprint density at radius 1 is 1.32 bits per heavy atom. The summed E-state index contributed by atoms with van der Waals surface area (Å²) in [5, 5.41) is 13.1. The summed E-state index contributed by atoms with van der Waals surface area (Å²) in [6, 6.07) is 15.9. The van der Waals surface area contributed by atoms with Crippen LogP contribution in [-0.2, 0) is 0 Å². The van der Waals surface area contributed by atoms with Gasteiger partial charge in [-0.25, -0.2) is 0 Å². The molecule has 0 amide bonds. The lowest BCUT2D eigenvalue weighted by Crippen LogP contribution is -2.09. The minimum atomic E-state index is -0.0248. The lowest BCUT2D eigenvalue weighted by molar-refractivity contribution is 0.366. The highest BCUT2D eigenvalue weighted by molar-refractivity contribution is 9.10. The minimum absolute atomic E-state index is 0.0248. The van der Waals surface area contributed by atoms with Crippen LogP contribution in [0.3, 0.4) is 0 Å². The molecule has 1 aromatic heterocycles. The minimum Gasteiger partial charge on any atom is -0.478 e. The zero-order valence-corrected chi connectivity index (χ0v) is 15.2. The largest absolute Gasteiger partial charge is 0.478 e. The Labute approximate surface area is 154 Å². The van der Waals surface area contributed by atoms with Crippen molar-refractivity contribution in [1.29, 1.82) is 5.26 Å². The molecule has 2 aromatic carbocycles. The summed E-state index contributed by atoms with van der Waals surface area (Å²) in [6.45, 7) is 2.05. The molecule has 3 N–H and O–H groups in total. The molecule has 25 heavy (non-hydrogen) atoms. The number of aromatic nitrogens is 1. The van der Waals surface area contributed by atoms with Crippen molar-refractivity contribution >= 4 is 38.2 Å². The predicted octanol–water partition coefficient (Wildman–Crippen LogP) is 4.65. The summed E-state index contributed by atoms with van der Waals surface area (Å²) in [7, 11) is 0. The Balaban J connectivity index is 2.04. The molecule has 0 aliphatic rings. The van der Waals surface area contributed by atoms with Gasteiger partial charge in [-0.2, -0.15) is 5.26 Å². The number of hydrogen-bond donors (Lipinski definition) is 2. The third kappa shape index (κ3) is 3.67. The van der Waals surface area contributed by atoms with Crippen LogP contribution in [0.1, 0.15) is 18.5 Å². The summed E-state index contributed by atoms with van der Waals surface area (Å²) >= 11 is 3.45. The van der Waals surface area contributed by atoms with Crippen molar-refractivity contribution in [2.24, 2.45) is 0 Å². The second-order valence-electron chi connectivity index (χ2n) is 5.61. The number of nitrogens with zero attached hydrogens (tertiary/aromatic N) is 2. The summed E-state index contributed by atoms with van der Waals surface area (Å²) in [5.74, 6) is 0.580. The molecule has 3 aromatic rings. The van der Waals surface area contributed by atoms with Gasteiger partial charge in [0.25, 0.3) is 0 Å². The van der Waals surface area contributed by atoms with E-state index in [0.717, 1.165) is 26.6 Å². The first-order valence-electron chi connectivity index (χ1n) is 7.79. The number of nitrogens with two attached hydrogens (primary N) is 1. The van der Waals surface area contributed by atoms with Crippen molar-refractivity contribution < 1.29 is 4.74 Å². The molecule has 1 atom stereocenters. The van der Waals surface area contributed by atoms with Crippen LogP contribution in [0.25, 0.3) is 10.9 Å². The highest BCUT2D eigenvalue weighted by atomic mass is 79.9. The van der Waals surface area contributed by atoms with E-state index in [0.29, 0.717) is 11.4 Å². The van der Waals surface area contributed by atoms with E-state index < -0.39 is 0 Å². The second-order valence-corrected chi connectivity index (χ2v) is 6.47.